The first-order valence-electron chi connectivity index (χ1n) is 9.70. The van der Waals surface area contributed by atoms with Gasteiger partial charge in [0.2, 0.25) is 0 Å². The highest BCUT2D eigenvalue weighted by molar-refractivity contribution is 14.1. The topological polar surface area (TPSA) is 17.1 Å². The lowest BCUT2D eigenvalue weighted by molar-refractivity contribution is 0.103. The van der Waals surface area contributed by atoms with Crippen LogP contribution in [0.4, 0.5) is 0 Å². The molecule has 0 saturated carbocycles. The number of halogens is 2. The molecule has 0 heterocycles. The van der Waals surface area contributed by atoms with Crippen molar-refractivity contribution in [3.63, 3.8) is 0 Å². The van der Waals surface area contributed by atoms with Crippen LogP contribution in [-0.2, 0) is 6.42 Å². The molecule has 0 spiro atoms. The highest BCUT2D eigenvalue weighted by Crippen LogP contribution is 2.21. The number of carbonyl (C=O) groups excluding carboxylic acids is 1. The van der Waals surface area contributed by atoms with Gasteiger partial charge in [0.25, 0.3) is 0 Å². The van der Waals surface area contributed by atoms with E-state index >= 15 is 0 Å². The molecule has 0 aliphatic heterocycles. The number of aryl methyl sites for hydroxylation is 1. The Labute approximate surface area is 176 Å². The molecule has 2 rings (SSSR count). The number of hydrogen-bond acceptors (Lipinski definition) is 1. The van der Waals surface area contributed by atoms with Gasteiger partial charge in [-0.15, -0.1) is 0 Å². The first-order chi connectivity index (χ1) is 12.6. The van der Waals surface area contributed by atoms with E-state index in [1.165, 1.54) is 56.9 Å². The van der Waals surface area contributed by atoms with E-state index in [2.05, 4.69) is 41.6 Å². The van der Waals surface area contributed by atoms with Gasteiger partial charge in [0, 0.05) is 19.7 Å². The SMILES string of the molecule is CCCCCCCCCCc1ccc(C(=O)c2cc(Cl)ccc2I)cc1. The van der Waals surface area contributed by atoms with Crippen LogP contribution in [-0.4, -0.2) is 5.78 Å². The van der Waals surface area contributed by atoms with Gasteiger partial charge in [0.1, 0.15) is 0 Å². The van der Waals surface area contributed by atoms with Gasteiger partial charge in [-0.25, -0.2) is 0 Å². The van der Waals surface area contributed by atoms with Gasteiger partial charge in [-0.05, 0) is 59.2 Å². The van der Waals surface area contributed by atoms with Crippen molar-refractivity contribution in [2.24, 2.45) is 0 Å². The summed E-state index contributed by atoms with van der Waals surface area (Å²) in [4.78, 5) is 12.7. The van der Waals surface area contributed by atoms with Gasteiger partial charge in [0.05, 0.1) is 0 Å². The van der Waals surface area contributed by atoms with E-state index in [-0.39, 0.29) is 5.78 Å². The van der Waals surface area contributed by atoms with Crippen molar-refractivity contribution >= 4 is 40.0 Å². The molecule has 26 heavy (non-hydrogen) atoms. The van der Waals surface area contributed by atoms with Crippen molar-refractivity contribution in [3.8, 4) is 0 Å². The highest BCUT2D eigenvalue weighted by atomic mass is 127. The molecule has 0 aliphatic rings. The van der Waals surface area contributed by atoms with E-state index in [1.807, 2.05) is 24.3 Å². The second kappa shape index (κ2) is 11.8. The van der Waals surface area contributed by atoms with E-state index in [0.717, 1.165) is 15.6 Å². The maximum Gasteiger partial charge on any atom is 0.194 e. The van der Waals surface area contributed by atoms with Crippen molar-refractivity contribution in [2.45, 2.75) is 64.7 Å². The van der Waals surface area contributed by atoms with Crippen LogP contribution >= 0.6 is 34.2 Å². The molecule has 140 valence electrons. The Hall–Kier alpha value is -0.870. The molecule has 0 radical (unpaired) electrons. The second-order valence-corrected chi connectivity index (χ2v) is 8.47. The molecule has 0 saturated heterocycles. The van der Waals surface area contributed by atoms with Crippen LogP contribution < -0.4 is 0 Å². The van der Waals surface area contributed by atoms with Crippen molar-refractivity contribution in [1.29, 1.82) is 0 Å². The zero-order valence-corrected chi connectivity index (χ0v) is 18.5. The van der Waals surface area contributed by atoms with E-state index in [4.69, 9.17) is 11.6 Å². The number of benzene rings is 2. The number of rotatable bonds is 11. The van der Waals surface area contributed by atoms with Gasteiger partial charge < -0.3 is 0 Å². The molecular weight excluding hydrogens is 455 g/mol. The summed E-state index contributed by atoms with van der Waals surface area (Å²) in [5.74, 6) is 0.0375. The van der Waals surface area contributed by atoms with E-state index in [9.17, 15) is 4.79 Å². The highest BCUT2D eigenvalue weighted by Gasteiger charge is 2.13. The third-order valence-corrected chi connectivity index (χ3v) is 5.88. The Morgan fingerprint density at radius 3 is 2.15 bits per heavy atom. The number of unbranched alkanes of at least 4 members (excludes halogenated alkanes) is 7. The van der Waals surface area contributed by atoms with Crippen molar-refractivity contribution in [1.82, 2.24) is 0 Å². The molecule has 0 fully saturated rings. The zero-order valence-electron chi connectivity index (χ0n) is 15.6. The smallest absolute Gasteiger partial charge is 0.194 e. The van der Waals surface area contributed by atoms with Gasteiger partial charge in [-0.3, -0.25) is 4.79 Å². The van der Waals surface area contributed by atoms with Gasteiger partial charge in [0.15, 0.2) is 5.78 Å². The normalized spacial score (nSPS) is 10.9. The molecule has 0 amide bonds. The summed E-state index contributed by atoms with van der Waals surface area (Å²) in [6.45, 7) is 2.26. The third-order valence-electron chi connectivity index (χ3n) is 4.71. The fourth-order valence-electron chi connectivity index (χ4n) is 3.11. The van der Waals surface area contributed by atoms with Crippen LogP contribution in [0.15, 0.2) is 42.5 Å². The Morgan fingerprint density at radius 2 is 1.50 bits per heavy atom. The summed E-state index contributed by atoms with van der Waals surface area (Å²) < 4.78 is 0.931. The van der Waals surface area contributed by atoms with Crippen LogP contribution in [0.1, 0.15) is 79.8 Å². The maximum atomic E-state index is 12.7. The molecule has 0 unspecified atom stereocenters. The van der Waals surface area contributed by atoms with Gasteiger partial charge >= 0.3 is 0 Å². The fraction of sp³-hybridized carbons (Fsp3) is 0.435. The van der Waals surface area contributed by atoms with Crippen LogP contribution in [0, 0.1) is 3.57 Å². The molecule has 0 N–H and O–H groups in total. The number of ketones is 1. The molecule has 2 aromatic rings. The summed E-state index contributed by atoms with van der Waals surface area (Å²) in [5, 5.41) is 0.597. The van der Waals surface area contributed by atoms with Crippen LogP contribution in [0.3, 0.4) is 0 Å². The minimum absolute atomic E-state index is 0.0375. The van der Waals surface area contributed by atoms with Crippen molar-refractivity contribution in [2.75, 3.05) is 0 Å². The van der Waals surface area contributed by atoms with Crippen molar-refractivity contribution < 1.29 is 4.79 Å². The quantitative estimate of drug-likeness (QED) is 0.181. The first-order valence-corrected chi connectivity index (χ1v) is 11.2. The largest absolute Gasteiger partial charge is 0.289 e. The molecule has 0 atom stereocenters. The summed E-state index contributed by atoms with van der Waals surface area (Å²) >= 11 is 8.22. The maximum absolute atomic E-state index is 12.7. The lowest BCUT2D eigenvalue weighted by Crippen LogP contribution is -2.04. The Balaban J connectivity index is 1.79. The lowest BCUT2D eigenvalue weighted by Gasteiger charge is -2.07. The fourth-order valence-corrected chi connectivity index (χ4v) is 3.87. The monoisotopic (exact) mass is 482 g/mol. The van der Waals surface area contributed by atoms with E-state index in [1.54, 1.807) is 6.07 Å². The molecule has 0 bridgehead atoms. The minimum atomic E-state index is 0.0375. The van der Waals surface area contributed by atoms with E-state index in [0.29, 0.717) is 10.6 Å². The van der Waals surface area contributed by atoms with Crippen LogP contribution in [0.25, 0.3) is 0 Å². The molecule has 0 aliphatic carbocycles. The predicted octanol–water partition coefficient (Wildman–Crippen LogP) is 7.86. The number of carbonyl (C=O) groups is 1. The molecule has 0 aromatic heterocycles. The van der Waals surface area contributed by atoms with Gasteiger partial charge in [-0.1, -0.05) is 87.7 Å². The molecule has 1 nitrogen and oxygen atoms in total. The number of hydrogen-bond donors (Lipinski definition) is 0. The Morgan fingerprint density at radius 1 is 0.885 bits per heavy atom. The Kier molecular flexibility index (Phi) is 9.69. The first kappa shape index (κ1) is 21.4. The van der Waals surface area contributed by atoms with E-state index < -0.39 is 0 Å². The lowest BCUT2D eigenvalue weighted by atomic mass is 9.99. The average Bonchev–Trinajstić information content (AvgIpc) is 2.66. The molecule has 2 aromatic carbocycles. The summed E-state index contributed by atoms with van der Waals surface area (Å²) in [6.07, 6.45) is 11.8. The second-order valence-electron chi connectivity index (χ2n) is 6.88. The summed E-state index contributed by atoms with van der Waals surface area (Å²) in [6, 6.07) is 13.5. The van der Waals surface area contributed by atoms with Crippen LogP contribution in [0.2, 0.25) is 5.02 Å². The summed E-state index contributed by atoms with van der Waals surface area (Å²) in [7, 11) is 0. The Bertz CT molecular complexity index is 694. The van der Waals surface area contributed by atoms with Crippen LogP contribution in [0.5, 0.6) is 0 Å². The predicted molar refractivity (Wildman–Crippen MR) is 120 cm³/mol. The summed E-state index contributed by atoms with van der Waals surface area (Å²) in [5.41, 5.74) is 2.71. The van der Waals surface area contributed by atoms with Crippen molar-refractivity contribution in [3.05, 3.63) is 67.7 Å². The van der Waals surface area contributed by atoms with Gasteiger partial charge in [-0.2, -0.15) is 0 Å². The molecular formula is C23H28ClIO. The third kappa shape index (κ3) is 7.03. The molecule has 3 heteroatoms. The average molecular weight is 483 g/mol. The zero-order chi connectivity index (χ0) is 18.8. The standard InChI is InChI=1S/C23H28ClIO/c1-2-3-4-5-6-7-8-9-10-18-11-13-19(14-12-18)23(26)21-17-20(24)15-16-22(21)25/h11-17H,2-10H2,1H3. The minimum Gasteiger partial charge on any atom is -0.289 e.